The molecule has 0 saturated heterocycles. The Morgan fingerprint density at radius 2 is 1.62 bits per heavy atom. The van der Waals surface area contributed by atoms with E-state index in [1.54, 1.807) is 18.2 Å². The van der Waals surface area contributed by atoms with Gasteiger partial charge in [-0.05, 0) is 48.2 Å². The quantitative estimate of drug-likeness (QED) is 0.708. The Bertz CT molecular complexity index is 782. The first-order valence-corrected chi connectivity index (χ1v) is 9.04. The smallest absolute Gasteiger partial charge is 0.335 e. The molecule has 5 heteroatoms. The average Bonchev–Trinajstić information content (AvgIpc) is 3.17. The third-order valence-corrected chi connectivity index (χ3v) is 4.75. The molecule has 136 valence electrons. The number of aromatic carboxylic acids is 1. The molecule has 26 heavy (non-hydrogen) atoms. The Labute approximate surface area is 153 Å². The van der Waals surface area contributed by atoms with Crippen molar-refractivity contribution in [1.82, 2.24) is 5.32 Å². The van der Waals surface area contributed by atoms with Gasteiger partial charge in [0.1, 0.15) is 0 Å². The minimum absolute atomic E-state index is 0.123. The summed E-state index contributed by atoms with van der Waals surface area (Å²) < 4.78 is 0. The van der Waals surface area contributed by atoms with Crippen LogP contribution in [0.5, 0.6) is 0 Å². The molecule has 1 saturated carbocycles. The SMILES string of the molecule is O=C(O)c1cccc(CNCc2cccc(NC(=O)C3CCCC3)c2)c1. The zero-order chi connectivity index (χ0) is 18.4. The summed E-state index contributed by atoms with van der Waals surface area (Å²) in [4.78, 5) is 23.3. The molecule has 0 radical (unpaired) electrons. The minimum atomic E-state index is -0.919. The summed E-state index contributed by atoms with van der Waals surface area (Å²) in [5.74, 6) is -0.644. The molecule has 1 aliphatic carbocycles. The normalized spacial score (nSPS) is 14.3. The highest BCUT2D eigenvalue weighted by atomic mass is 16.4. The molecule has 0 aromatic heterocycles. The number of hydrogen-bond donors (Lipinski definition) is 3. The number of carboxylic acid groups (broad SMARTS) is 1. The van der Waals surface area contributed by atoms with Gasteiger partial charge in [0, 0.05) is 24.7 Å². The summed E-state index contributed by atoms with van der Waals surface area (Å²) in [7, 11) is 0. The number of anilines is 1. The van der Waals surface area contributed by atoms with Gasteiger partial charge in [-0.25, -0.2) is 4.79 Å². The summed E-state index contributed by atoms with van der Waals surface area (Å²) in [6.45, 7) is 1.23. The van der Waals surface area contributed by atoms with Crippen LogP contribution in [0.4, 0.5) is 5.69 Å². The number of hydrogen-bond acceptors (Lipinski definition) is 3. The summed E-state index contributed by atoms with van der Waals surface area (Å²) in [5, 5.41) is 15.4. The van der Waals surface area contributed by atoms with Crippen LogP contribution in [0.3, 0.4) is 0 Å². The lowest BCUT2D eigenvalue weighted by atomic mass is 10.1. The van der Waals surface area contributed by atoms with Crippen molar-refractivity contribution in [1.29, 1.82) is 0 Å². The van der Waals surface area contributed by atoms with Gasteiger partial charge in [0.25, 0.3) is 0 Å². The average molecular weight is 352 g/mol. The number of carbonyl (C=O) groups is 2. The van der Waals surface area contributed by atoms with E-state index in [9.17, 15) is 9.59 Å². The lowest BCUT2D eigenvalue weighted by Gasteiger charge is -2.12. The van der Waals surface area contributed by atoms with E-state index in [0.29, 0.717) is 18.7 Å². The molecule has 1 amide bonds. The lowest BCUT2D eigenvalue weighted by Crippen LogP contribution is -2.20. The Morgan fingerprint density at radius 1 is 0.962 bits per heavy atom. The molecule has 1 aliphatic rings. The first kappa shape index (κ1) is 18.1. The molecular formula is C21H24N2O3. The van der Waals surface area contributed by atoms with Crippen molar-refractivity contribution in [2.45, 2.75) is 38.8 Å². The molecule has 0 spiro atoms. The van der Waals surface area contributed by atoms with Crippen molar-refractivity contribution in [2.24, 2.45) is 5.92 Å². The lowest BCUT2D eigenvalue weighted by molar-refractivity contribution is -0.119. The fourth-order valence-electron chi connectivity index (χ4n) is 3.36. The maximum Gasteiger partial charge on any atom is 0.335 e. The van der Waals surface area contributed by atoms with Gasteiger partial charge in [-0.2, -0.15) is 0 Å². The van der Waals surface area contributed by atoms with E-state index in [4.69, 9.17) is 5.11 Å². The molecule has 5 nitrogen and oxygen atoms in total. The fraction of sp³-hybridized carbons (Fsp3) is 0.333. The van der Waals surface area contributed by atoms with Crippen LogP contribution >= 0.6 is 0 Å². The molecule has 3 rings (SSSR count). The highest BCUT2D eigenvalue weighted by Gasteiger charge is 2.22. The molecule has 0 atom stereocenters. The molecule has 0 unspecified atom stereocenters. The van der Waals surface area contributed by atoms with Crippen LogP contribution in [-0.4, -0.2) is 17.0 Å². The van der Waals surface area contributed by atoms with Crippen molar-refractivity contribution >= 4 is 17.6 Å². The summed E-state index contributed by atoms with van der Waals surface area (Å²) in [6, 6.07) is 14.7. The number of amides is 1. The van der Waals surface area contributed by atoms with Gasteiger partial charge >= 0.3 is 5.97 Å². The zero-order valence-corrected chi connectivity index (χ0v) is 14.7. The van der Waals surface area contributed by atoms with Gasteiger partial charge in [-0.15, -0.1) is 0 Å². The molecule has 0 aliphatic heterocycles. The maximum absolute atomic E-state index is 12.2. The molecule has 3 N–H and O–H groups in total. The first-order chi connectivity index (χ1) is 12.6. The van der Waals surface area contributed by atoms with E-state index in [1.165, 1.54) is 0 Å². The minimum Gasteiger partial charge on any atom is -0.478 e. The van der Waals surface area contributed by atoms with Crippen LogP contribution < -0.4 is 10.6 Å². The zero-order valence-electron chi connectivity index (χ0n) is 14.7. The summed E-state index contributed by atoms with van der Waals surface area (Å²) >= 11 is 0. The number of carbonyl (C=O) groups excluding carboxylic acids is 1. The third kappa shape index (κ3) is 4.92. The van der Waals surface area contributed by atoms with Crippen molar-refractivity contribution < 1.29 is 14.7 Å². The standard InChI is InChI=1S/C21H24N2O3/c24-20(17-7-1-2-8-17)23-19-10-4-6-16(12-19)14-22-13-15-5-3-9-18(11-15)21(25)26/h3-6,9-12,17,22H,1-2,7-8,13-14H2,(H,23,24)(H,25,26). The van der Waals surface area contributed by atoms with Gasteiger partial charge in [-0.1, -0.05) is 37.1 Å². The molecule has 0 bridgehead atoms. The first-order valence-electron chi connectivity index (χ1n) is 9.04. The van der Waals surface area contributed by atoms with Crippen LogP contribution in [0.25, 0.3) is 0 Å². The van der Waals surface area contributed by atoms with Gasteiger partial charge in [-0.3, -0.25) is 4.79 Å². The van der Waals surface area contributed by atoms with E-state index >= 15 is 0 Å². The Balaban J connectivity index is 1.53. The van der Waals surface area contributed by atoms with Crippen molar-refractivity contribution in [3.8, 4) is 0 Å². The Morgan fingerprint density at radius 3 is 2.31 bits per heavy atom. The summed E-state index contributed by atoms with van der Waals surface area (Å²) in [6.07, 6.45) is 4.27. The third-order valence-electron chi connectivity index (χ3n) is 4.75. The van der Waals surface area contributed by atoms with Gasteiger partial charge in [0.15, 0.2) is 0 Å². The Hall–Kier alpha value is -2.66. The summed E-state index contributed by atoms with van der Waals surface area (Å²) in [5.41, 5.74) is 3.12. The molecule has 2 aromatic carbocycles. The maximum atomic E-state index is 12.2. The highest BCUT2D eigenvalue weighted by molar-refractivity contribution is 5.92. The van der Waals surface area contributed by atoms with Crippen LogP contribution in [0.2, 0.25) is 0 Å². The second kappa shape index (κ2) is 8.63. The van der Waals surface area contributed by atoms with Crippen LogP contribution in [0.1, 0.15) is 47.2 Å². The highest BCUT2D eigenvalue weighted by Crippen LogP contribution is 2.26. The second-order valence-electron chi connectivity index (χ2n) is 6.78. The van der Waals surface area contributed by atoms with Gasteiger partial charge in [0.2, 0.25) is 5.91 Å². The number of nitrogens with one attached hydrogen (secondary N) is 2. The Kier molecular flexibility index (Phi) is 6.02. The number of rotatable bonds is 7. The van der Waals surface area contributed by atoms with Crippen molar-refractivity contribution in [3.63, 3.8) is 0 Å². The van der Waals surface area contributed by atoms with Crippen molar-refractivity contribution in [2.75, 3.05) is 5.32 Å². The van der Waals surface area contributed by atoms with Gasteiger partial charge < -0.3 is 15.7 Å². The van der Waals surface area contributed by atoms with E-state index in [0.717, 1.165) is 42.5 Å². The largest absolute Gasteiger partial charge is 0.478 e. The number of benzene rings is 2. The fourth-order valence-corrected chi connectivity index (χ4v) is 3.36. The molecule has 1 fully saturated rings. The monoisotopic (exact) mass is 352 g/mol. The van der Waals surface area contributed by atoms with E-state index < -0.39 is 5.97 Å². The predicted octanol–water partition coefficient (Wildman–Crippen LogP) is 3.80. The second-order valence-corrected chi connectivity index (χ2v) is 6.78. The molecule has 2 aromatic rings. The van der Waals surface area contributed by atoms with Crippen LogP contribution in [0, 0.1) is 5.92 Å². The van der Waals surface area contributed by atoms with Crippen LogP contribution in [-0.2, 0) is 17.9 Å². The van der Waals surface area contributed by atoms with E-state index in [2.05, 4.69) is 10.6 Å². The van der Waals surface area contributed by atoms with Gasteiger partial charge in [0.05, 0.1) is 5.56 Å². The number of carboxylic acids is 1. The topological polar surface area (TPSA) is 78.4 Å². The predicted molar refractivity (Wildman–Crippen MR) is 101 cm³/mol. The van der Waals surface area contributed by atoms with Crippen molar-refractivity contribution in [3.05, 3.63) is 65.2 Å². The molecular weight excluding hydrogens is 328 g/mol. The molecule has 0 heterocycles. The van der Waals surface area contributed by atoms with E-state index in [1.807, 2.05) is 30.3 Å². The van der Waals surface area contributed by atoms with Crippen LogP contribution in [0.15, 0.2) is 48.5 Å². The van der Waals surface area contributed by atoms with E-state index in [-0.39, 0.29) is 11.8 Å².